The molecule has 2 amide bonds. The molecule has 0 fully saturated rings. The van der Waals surface area contributed by atoms with Gasteiger partial charge in [0.25, 0.3) is 5.91 Å². The van der Waals surface area contributed by atoms with E-state index in [1.54, 1.807) is 11.3 Å². The highest BCUT2D eigenvalue weighted by atomic mass is 79.9. The number of aryl methyl sites for hydroxylation is 1. The second-order valence-corrected chi connectivity index (χ2v) is 7.40. The number of hydrogen-bond acceptors (Lipinski definition) is 3. The lowest BCUT2D eigenvalue weighted by Gasteiger charge is -2.24. The van der Waals surface area contributed by atoms with Crippen LogP contribution >= 0.6 is 27.3 Å². The fraction of sp³-hybridized carbons (Fsp3) is 0.250. The van der Waals surface area contributed by atoms with Gasteiger partial charge in [-0.3, -0.25) is 14.5 Å². The summed E-state index contributed by atoms with van der Waals surface area (Å²) in [6.45, 7) is 2.07. The first-order valence-corrected chi connectivity index (χ1v) is 8.34. The van der Waals surface area contributed by atoms with Crippen molar-refractivity contribution in [1.29, 1.82) is 0 Å². The van der Waals surface area contributed by atoms with Crippen LogP contribution in [-0.2, 0) is 11.2 Å². The molecule has 1 atom stereocenters. The highest BCUT2D eigenvalue weighted by molar-refractivity contribution is 9.09. The zero-order chi connectivity index (χ0) is 15.1. The van der Waals surface area contributed by atoms with Crippen molar-refractivity contribution >= 4 is 39.1 Å². The molecule has 3 rings (SSSR count). The summed E-state index contributed by atoms with van der Waals surface area (Å²) in [5.74, 6) is -0.366. The average molecular weight is 364 g/mol. The molecule has 0 saturated heterocycles. The average Bonchev–Trinajstić information content (AvgIpc) is 2.90. The number of alkyl halides is 1. The van der Waals surface area contributed by atoms with Crippen LogP contribution in [0, 0.1) is 6.92 Å². The standard InChI is InChI=1S/C16H14BrNO2S/c1-9-3-6-13(21-9)15(17)11-5-4-10-8-14(19)18(2)16(20)12(10)7-11/h3-7,15H,8H2,1-2H3. The summed E-state index contributed by atoms with van der Waals surface area (Å²) in [4.78, 5) is 27.7. The van der Waals surface area contributed by atoms with Crippen LogP contribution in [0.15, 0.2) is 30.3 Å². The lowest BCUT2D eigenvalue weighted by atomic mass is 9.95. The quantitative estimate of drug-likeness (QED) is 0.602. The Morgan fingerprint density at radius 3 is 2.67 bits per heavy atom. The number of fused-ring (bicyclic) bond motifs is 1. The largest absolute Gasteiger partial charge is 0.281 e. The molecule has 1 aliphatic rings. The van der Waals surface area contributed by atoms with Gasteiger partial charge in [-0.15, -0.1) is 11.3 Å². The first-order valence-electron chi connectivity index (χ1n) is 6.61. The Hall–Kier alpha value is -1.46. The minimum absolute atomic E-state index is 0.0669. The third kappa shape index (κ3) is 2.56. The van der Waals surface area contributed by atoms with E-state index in [1.165, 1.54) is 21.7 Å². The van der Waals surface area contributed by atoms with Crippen molar-refractivity contribution in [1.82, 2.24) is 4.90 Å². The summed E-state index contributed by atoms with van der Waals surface area (Å²) in [6, 6.07) is 9.96. The number of thiophene rings is 1. The van der Waals surface area contributed by atoms with Crippen LogP contribution in [0.25, 0.3) is 0 Å². The molecule has 0 N–H and O–H groups in total. The molecule has 3 nitrogen and oxygen atoms in total. The van der Waals surface area contributed by atoms with Gasteiger partial charge in [0.1, 0.15) is 0 Å². The van der Waals surface area contributed by atoms with Crippen LogP contribution in [0.1, 0.15) is 36.1 Å². The minimum atomic E-state index is -0.217. The number of likely N-dealkylation sites (N-methyl/N-ethyl adjacent to an activating group) is 1. The Bertz CT molecular complexity index is 738. The van der Waals surface area contributed by atoms with Crippen LogP contribution in [0.2, 0.25) is 0 Å². The van der Waals surface area contributed by atoms with E-state index in [1.807, 2.05) is 18.2 Å². The molecule has 1 aromatic heterocycles. The highest BCUT2D eigenvalue weighted by Gasteiger charge is 2.28. The van der Waals surface area contributed by atoms with Gasteiger partial charge in [0, 0.05) is 22.4 Å². The van der Waals surface area contributed by atoms with Crippen LogP contribution in [0.4, 0.5) is 0 Å². The van der Waals surface area contributed by atoms with Gasteiger partial charge >= 0.3 is 0 Å². The maximum atomic E-state index is 12.2. The molecule has 2 heterocycles. The molecule has 0 aliphatic carbocycles. The molecular formula is C16H14BrNO2S. The maximum Gasteiger partial charge on any atom is 0.260 e. The van der Waals surface area contributed by atoms with E-state index in [-0.39, 0.29) is 16.6 Å². The summed E-state index contributed by atoms with van der Waals surface area (Å²) < 4.78 is 0. The van der Waals surface area contributed by atoms with E-state index >= 15 is 0 Å². The second-order valence-electron chi connectivity index (χ2n) is 5.16. The van der Waals surface area contributed by atoms with Crippen molar-refractivity contribution in [2.45, 2.75) is 18.2 Å². The molecular weight excluding hydrogens is 350 g/mol. The summed E-state index contributed by atoms with van der Waals surface area (Å²) in [5, 5.41) is 0. The SMILES string of the molecule is Cc1ccc(C(Br)c2ccc3c(c2)C(=O)N(C)C(=O)C3)s1. The van der Waals surface area contributed by atoms with E-state index in [2.05, 4.69) is 35.0 Å². The van der Waals surface area contributed by atoms with E-state index in [0.717, 1.165) is 11.1 Å². The zero-order valence-corrected chi connectivity index (χ0v) is 14.1. The number of carbonyl (C=O) groups is 2. The lowest BCUT2D eigenvalue weighted by molar-refractivity contribution is -0.127. The molecule has 0 bridgehead atoms. The lowest BCUT2D eigenvalue weighted by Crippen LogP contribution is -2.39. The van der Waals surface area contributed by atoms with Crippen LogP contribution in [-0.4, -0.2) is 23.8 Å². The summed E-state index contributed by atoms with van der Waals surface area (Å²) >= 11 is 5.43. The Morgan fingerprint density at radius 2 is 2.00 bits per heavy atom. The topological polar surface area (TPSA) is 37.4 Å². The molecule has 5 heteroatoms. The van der Waals surface area contributed by atoms with E-state index < -0.39 is 0 Å². The van der Waals surface area contributed by atoms with Crippen molar-refractivity contribution < 1.29 is 9.59 Å². The number of carbonyl (C=O) groups excluding carboxylic acids is 2. The third-order valence-corrected chi connectivity index (χ3v) is 6.08. The van der Waals surface area contributed by atoms with Crippen LogP contribution in [0.5, 0.6) is 0 Å². The van der Waals surface area contributed by atoms with Crippen molar-refractivity contribution in [3.63, 3.8) is 0 Å². The fourth-order valence-corrected chi connectivity index (χ4v) is 4.04. The highest BCUT2D eigenvalue weighted by Crippen LogP contribution is 2.36. The molecule has 1 unspecified atom stereocenters. The molecule has 1 aliphatic heterocycles. The fourth-order valence-electron chi connectivity index (χ4n) is 2.43. The first-order chi connectivity index (χ1) is 9.97. The molecule has 0 saturated carbocycles. The first kappa shape index (κ1) is 14.5. The molecule has 0 spiro atoms. The summed E-state index contributed by atoms with van der Waals surface area (Å²) in [5.41, 5.74) is 2.48. The van der Waals surface area contributed by atoms with Gasteiger partial charge in [0.15, 0.2) is 0 Å². The number of rotatable bonds is 2. The molecule has 1 aromatic carbocycles. The monoisotopic (exact) mass is 363 g/mol. The number of hydrogen-bond donors (Lipinski definition) is 0. The van der Waals surface area contributed by atoms with Gasteiger partial charge in [0.05, 0.1) is 11.2 Å². The van der Waals surface area contributed by atoms with Crippen molar-refractivity contribution in [3.05, 3.63) is 56.8 Å². The number of imide groups is 1. The minimum Gasteiger partial charge on any atom is -0.281 e. The predicted molar refractivity (Wildman–Crippen MR) is 87.1 cm³/mol. The van der Waals surface area contributed by atoms with Gasteiger partial charge in [0.2, 0.25) is 5.91 Å². The van der Waals surface area contributed by atoms with Crippen molar-refractivity contribution in [2.24, 2.45) is 0 Å². The van der Waals surface area contributed by atoms with Crippen molar-refractivity contribution in [2.75, 3.05) is 7.05 Å². The molecule has 21 heavy (non-hydrogen) atoms. The Morgan fingerprint density at radius 1 is 1.24 bits per heavy atom. The van der Waals surface area contributed by atoms with Gasteiger partial charge in [-0.05, 0) is 36.2 Å². The third-order valence-electron chi connectivity index (χ3n) is 3.69. The number of halogens is 1. The van der Waals surface area contributed by atoms with Crippen LogP contribution < -0.4 is 0 Å². The maximum absolute atomic E-state index is 12.2. The normalized spacial score (nSPS) is 16.0. The molecule has 2 aromatic rings. The number of amides is 2. The predicted octanol–water partition coefficient (Wildman–Crippen LogP) is 3.70. The molecule has 108 valence electrons. The number of nitrogens with zero attached hydrogens (tertiary/aromatic N) is 1. The summed E-state index contributed by atoms with van der Waals surface area (Å²) in [7, 11) is 1.54. The zero-order valence-electron chi connectivity index (χ0n) is 11.7. The van der Waals surface area contributed by atoms with Gasteiger partial charge in [-0.25, -0.2) is 0 Å². The summed E-state index contributed by atoms with van der Waals surface area (Å²) in [6.07, 6.45) is 0.295. The van der Waals surface area contributed by atoms with Crippen molar-refractivity contribution in [3.8, 4) is 0 Å². The van der Waals surface area contributed by atoms with Gasteiger partial charge in [-0.1, -0.05) is 28.1 Å². The van der Waals surface area contributed by atoms with E-state index in [9.17, 15) is 9.59 Å². The Balaban J connectivity index is 2.00. The smallest absolute Gasteiger partial charge is 0.260 e. The van der Waals surface area contributed by atoms with E-state index in [4.69, 9.17) is 0 Å². The van der Waals surface area contributed by atoms with Crippen LogP contribution in [0.3, 0.4) is 0 Å². The number of benzene rings is 1. The molecule has 0 radical (unpaired) electrons. The second kappa shape index (κ2) is 5.39. The Labute approximate surface area is 135 Å². The van der Waals surface area contributed by atoms with E-state index in [0.29, 0.717) is 12.0 Å². The van der Waals surface area contributed by atoms with Gasteiger partial charge < -0.3 is 0 Å². The van der Waals surface area contributed by atoms with Gasteiger partial charge in [-0.2, -0.15) is 0 Å². The Kier molecular flexibility index (Phi) is 3.71.